The number of aromatic carboxylic acids is 1. The maximum atomic E-state index is 13.1. The van der Waals surface area contributed by atoms with Crippen LogP contribution in [0.2, 0.25) is 0 Å². The Morgan fingerprint density at radius 1 is 1.00 bits per heavy atom. The van der Waals surface area contributed by atoms with Gasteiger partial charge in [0.15, 0.2) is 5.78 Å². The molecule has 0 fully saturated rings. The van der Waals surface area contributed by atoms with Crippen LogP contribution in [-0.2, 0) is 16.2 Å². The second-order valence-electron chi connectivity index (χ2n) is 6.96. The number of nitrogens with zero attached hydrogens (tertiary/aromatic N) is 1. The van der Waals surface area contributed by atoms with Crippen LogP contribution in [0.3, 0.4) is 0 Å². The number of unbranched alkanes of at least 4 members (excludes halogenated alkanes) is 2. The number of hydrogen-bond donors (Lipinski definition) is 2. The molecule has 7 heteroatoms. The smallest absolute Gasteiger partial charge is 0.335 e. The van der Waals surface area contributed by atoms with Crippen molar-refractivity contribution >= 4 is 28.6 Å². The van der Waals surface area contributed by atoms with Gasteiger partial charge in [0.25, 0.3) is 0 Å². The Balaban J connectivity index is 1.75. The molecule has 0 radical (unpaired) electrons. The molecule has 1 heterocycles. The first-order valence-corrected chi connectivity index (χ1v) is 9.83. The molecule has 3 rings (SSSR count). The fourth-order valence-electron chi connectivity index (χ4n) is 3.45. The summed E-state index contributed by atoms with van der Waals surface area (Å²) in [5.74, 6) is -1.55. The number of fused-ring (bicyclic) bond motifs is 1. The summed E-state index contributed by atoms with van der Waals surface area (Å²) in [6.07, 6.45) is 4.63. The molecule has 0 saturated heterocycles. The van der Waals surface area contributed by atoms with E-state index in [1.54, 1.807) is 19.2 Å². The lowest BCUT2D eigenvalue weighted by molar-refractivity contribution is -0.150. The van der Waals surface area contributed by atoms with Crippen LogP contribution in [0.1, 0.15) is 52.0 Å². The predicted octanol–water partition coefficient (Wildman–Crippen LogP) is 3.81. The summed E-state index contributed by atoms with van der Waals surface area (Å²) in [7, 11) is 1.55. The first kappa shape index (κ1) is 21.3. The van der Waals surface area contributed by atoms with Gasteiger partial charge in [0.1, 0.15) is 0 Å². The summed E-state index contributed by atoms with van der Waals surface area (Å²) in [5, 5.41) is 10.0. The highest BCUT2D eigenvalue weighted by molar-refractivity contribution is 6.17. The minimum atomic E-state index is -1.06. The van der Waals surface area contributed by atoms with E-state index in [0.29, 0.717) is 24.1 Å². The van der Waals surface area contributed by atoms with Gasteiger partial charge in [0.05, 0.1) is 5.56 Å². The van der Waals surface area contributed by atoms with Gasteiger partial charge < -0.3 is 14.5 Å². The van der Waals surface area contributed by atoms with Crippen molar-refractivity contribution in [3.8, 4) is 0 Å². The molecule has 0 saturated carbocycles. The van der Waals surface area contributed by atoms with Crippen molar-refractivity contribution in [3.63, 3.8) is 0 Å². The van der Waals surface area contributed by atoms with E-state index in [1.807, 2.05) is 35.0 Å². The van der Waals surface area contributed by atoms with Crippen LogP contribution >= 0.6 is 0 Å². The highest BCUT2D eigenvalue weighted by Gasteiger charge is 2.17. The molecule has 2 N–H and O–H groups in total. The van der Waals surface area contributed by atoms with Crippen molar-refractivity contribution in [3.05, 3.63) is 71.4 Å². The molecule has 0 aliphatic rings. The number of carboxylic acids is 1. The molecular formula is C23H24N2O5. The van der Waals surface area contributed by atoms with Gasteiger partial charge in [-0.1, -0.05) is 36.8 Å². The number of carbonyl (C=O) groups is 3. The number of rotatable bonds is 10. The minimum Gasteiger partial charge on any atom is -0.478 e. The second kappa shape index (κ2) is 9.84. The first-order valence-electron chi connectivity index (χ1n) is 9.83. The number of hydrogen-bond acceptors (Lipinski definition) is 5. The van der Waals surface area contributed by atoms with Crippen molar-refractivity contribution in [1.82, 2.24) is 10.0 Å². The van der Waals surface area contributed by atoms with Gasteiger partial charge in [-0.15, -0.1) is 0 Å². The van der Waals surface area contributed by atoms with Crippen LogP contribution in [0.5, 0.6) is 0 Å². The monoisotopic (exact) mass is 408 g/mol. The Labute approximate surface area is 174 Å². The fraction of sp³-hybridized carbons (Fsp3) is 0.261. The highest BCUT2D eigenvalue weighted by Crippen LogP contribution is 2.25. The summed E-state index contributed by atoms with van der Waals surface area (Å²) in [6.45, 7) is 0.712. The van der Waals surface area contributed by atoms with E-state index in [4.69, 9.17) is 4.84 Å². The van der Waals surface area contributed by atoms with E-state index >= 15 is 0 Å². The van der Waals surface area contributed by atoms with Gasteiger partial charge in [0, 0.05) is 48.2 Å². The lowest BCUT2D eigenvalue weighted by Crippen LogP contribution is -2.14. The van der Waals surface area contributed by atoms with Crippen molar-refractivity contribution in [1.29, 1.82) is 0 Å². The lowest BCUT2D eigenvalue weighted by Gasteiger charge is -2.05. The molecule has 0 aliphatic heterocycles. The van der Waals surface area contributed by atoms with Gasteiger partial charge in [-0.2, -0.15) is 5.48 Å². The number of carboxylic acid groups (broad SMARTS) is 1. The molecule has 30 heavy (non-hydrogen) atoms. The van der Waals surface area contributed by atoms with E-state index in [9.17, 15) is 19.5 Å². The number of aromatic nitrogens is 1. The molecule has 0 unspecified atom stereocenters. The van der Waals surface area contributed by atoms with Crippen molar-refractivity contribution in [2.75, 3.05) is 7.05 Å². The number of carbonyl (C=O) groups excluding carboxylic acids is 2. The molecule has 3 aromatic rings. The third-order valence-electron chi connectivity index (χ3n) is 4.90. The van der Waals surface area contributed by atoms with Crippen LogP contribution in [0.25, 0.3) is 10.9 Å². The third-order valence-corrected chi connectivity index (χ3v) is 4.90. The molecule has 0 amide bonds. The average Bonchev–Trinajstić information content (AvgIpc) is 3.12. The molecule has 7 nitrogen and oxygen atoms in total. The van der Waals surface area contributed by atoms with E-state index in [2.05, 4.69) is 5.48 Å². The standard InChI is InChI=1S/C23H24N2O5/c1-24-30-21(26)12-3-2-6-13-25-15-19(18-10-4-5-11-20(18)25)22(27)16-8-7-9-17(14-16)23(28)29/h4-5,7-11,14-15,24H,2-3,6,12-13H2,1H3,(H,28,29). The maximum absolute atomic E-state index is 13.1. The van der Waals surface area contributed by atoms with Crippen LogP contribution < -0.4 is 5.48 Å². The van der Waals surface area contributed by atoms with Gasteiger partial charge in [-0.25, -0.2) is 4.79 Å². The summed E-state index contributed by atoms with van der Waals surface area (Å²) in [5.41, 5.74) is 4.30. The Kier molecular flexibility index (Phi) is 6.98. The predicted molar refractivity (Wildman–Crippen MR) is 112 cm³/mol. The summed E-state index contributed by atoms with van der Waals surface area (Å²) < 4.78 is 2.04. The molecule has 0 atom stereocenters. The summed E-state index contributed by atoms with van der Waals surface area (Å²) in [6, 6.07) is 13.7. The molecule has 2 aromatic carbocycles. The van der Waals surface area contributed by atoms with E-state index < -0.39 is 5.97 Å². The number of ketones is 1. The Morgan fingerprint density at radius 3 is 2.53 bits per heavy atom. The molecule has 0 spiro atoms. The first-order chi connectivity index (χ1) is 14.5. The Morgan fingerprint density at radius 2 is 1.77 bits per heavy atom. The maximum Gasteiger partial charge on any atom is 0.335 e. The third kappa shape index (κ3) is 4.93. The van der Waals surface area contributed by atoms with E-state index in [1.165, 1.54) is 12.1 Å². The van der Waals surface area contributed by atoms with Crippen LogP contribution in [0, 0.1) is 0 Å². The van der Waals surface area contributed by atoms with Crippen LogP contribution in [0.4, 0.5) is 0 Å². The summed E-state index contributed by atoms with van der Waals surface area (Å²) in [4.78, 5) is 40.4. The van der Waals surface area contributed by atoms with Gasteiger partial charge >= 0.3 is 11.9 Å². The lowest BCUT2D eigenvalue weighted by atomic mass is 10.0. The molecule has 156 valence electrons. The Hall–Kier alpha value is -3.45. The second-order valence-corrected chi connectivity index (χ2v) is 6.96. The number of aryl methyl sites for hydroxylation is 1. The van der Waals surface area contributed by atoms with Crippen molar-refractivity contribution < 1.29 is 24.3 Å². The SMILES string of the molecule is CNOC(=O)CCCCCn1cc(C(=O)c2cccc(C(=O)O)c2)c2ccccc21. The molecule has 1 aromatic heterocycles. The minimum absolute atomic E-state index is 0.0846. The topological polar surface area (TPSA) is 97.6 Å². The molecular weight excluding hydrogens is 384 g/mol. The van der Waals surface area contributed by atoms with Crippen molar-refractivity contribution in [2.45, 2.75) is 32.2 Å². The zero-order valence-corrected chi connectivity index (χ0v) is 16.8. The normalized spacial score (nSPS) is 10.8. The number of para-hydroxylation sites is 1. The highest BCUT2D eigenvalue weighted by atomic mass is 16.7. The van der Waals surface area contributed by atoms with Crippen molar-refractivity contribution in [2.24, 2.45) is 0 Å². The van der Waals surface area contributed by atoms with Crippen LogP contribution in [-0.4, -0.2) is 34.4 Å². The Bertz CT molecular complexity index is 1070. The van der Waals surface area contributed by atoms with Gasteiger partial charge in [-0.3, -0.25) is 9.59 Å². The quantitative estimate of drug-likeness (QED) is 0.301. The summed E-state index contributed by atoms with van der Waals surface area (Å²) >= 11 is 0. The molecule has 0 aliphatic carbocycles. The van der Waals surface area contributed by atoms with Gasteiger partial charge in [0.2, 0.25) is 0 Å². The number of hydroxylamine groups is 1. The van der Waals surface area contributed by atoms with E-state index in [0.717, 1.165) is 30.2 Å². The van der Waals surface area contributed by atoms with E-state index in [-0.39, 0.29) is 17.3 Å². The van der Waals surface area contributed by atoms with Crippen LogP contribution in [0.15, 0.2) is 54.7 Å². The number of nitrogens with one attached hydrogen (secondary N) is 1. The molecule has 0 bridgehead atoms. The largest absolute Gasteiger partial charge is 0.478 e. The average molecular weight is 408 g/mol. The zero-order valence-electron chi connectivity index (χ0n) is 16.8. The van der Waals surface area contributed by atoms with Gasteiger partial charge in [-0.05, 0) is 31.0 Å². The zero-order chi connectivity index (χ0) is 21.5. The number of benzene rings is 2. The fourth-order valence-corrected chi connectivity index (χ4v) is 3.45.